The van der Waals surface area contributed by atoms with Crippen LogP contribution in [0.15, 0.2) is 132 Å². The van der Waals surface area contributed by atoms with Crippen LogP contribution >= 0.6 is 0 Å². The molecule has 184 valence electrons. The summed E-state index contributed by atoms with van der Waals surface area (Å²) in [6.07, 6.45) is 0. The average Bonchev–Trinajstić information content (AvgIpc) is 3.54. The standard InChI is InChI=1S/C38H21NO/c1-3-10-31-26(8-1)30-20-25-16-19-35-38(28-9-2-4-11-34(28)40-35)29(25)21-33(30)39(31)32-18-15-24-13-12-22-6-5-7-23-14-17-27(32)37(24)36(22)23/h1-21H. The summed E-state index contributed by atoms with van der Waals surface area (Å²) < 4.78 is 8.73. The molecule has 0 bridgehead atoms. The Labute approximate surface area is 228 Å². The Bertz CT molecular complexity index is 2630. The van der Waals surface area contributed by atoms with Crippen LogP contribution in [0.3, 0.4) is 0 Å². The van der Waals surface area contributed by atoms with E-state index in [9.17, 15) is 0 Å². The number of hydrogen-bond acceptors (Lipinski definition) is 1. The number of furan rings is 1. The molecule has 0 unspecified atom stereocenters. The van der Waals surface area contributed by atoms with E-state index in [-0.39, 0.29) is 0 Å². The Kier molecular flexibility index (Phi) is 3.70. The number of benzene rings is 8. The van der Waals surface area contributed by atoms with Crippen LogP contribution in [0.2, 0.25) is 0 Å². The van der Waals surface area contributed by atoms with Crippen LogP contribution < -0.4 is 0 Å². The van der Waals surface area contributed by atoms with E-state index < -0.39 is 0 Å². The summed E-state index contributed by atoms with van der Waals surface area (Å²) in [5.41, 5.74) is 5.49. The Morgan fingerprint density at radius 2 is 1.10 bits per heavy atom. The summed E-state index contributed by atoms with van der Waals surface area (Å²) in [6.45, 7) is 0. The first-order chi connectivity index (χ1) is 19.8. The average molecular weight is 508 g/mol. The van der Waals surface area contributed by atoms with Crippen molar-refractivity contribution in [3.63, 3.8) is 0 Å². The third-order valence-corrected chi connectivity index (χ3v) is 8.90. The molecule has 0 fully saturated rings. The molecule has 2 nitrogen and oxygen atoms in total. The van der Waals surface area contributed by atoms with Gasteiger partial charge in [0.05, 0.1) is 16.7 Å². The predicted octanol–water partition coefficient (Wildman–Crippen LogP) is 10.7. The van der Waals surface area contributed by atoms with Crippen LogP contribution in [0.4, 0.5) is 0 Å². The molecule has 2 heterocycles. The normalized spacial score (nSPS) is 12.5. The van der Waals surface area contributed by atoms with E-state index in [1.807, 2.05) is 6.07 Å². The summed E-state index contributed by atoms with van der Waals surface area (Å²) in [4.78, 5) is 0. The number of aromatic nitrogens is 1. The van der Waals surface area contributed by atoms with Gasteiger partial charge >= 0.3 is 0 Å². The van der Waals surface area contributed by atoms with E-state index >= 15 is 0 Å². The molecule has 0 amide bonds. The maximum Gasteiger partial charge on any atom is 0.136 e. The number of rotatable bonds is 1. The highest BCUT2D eigenvalue weighted by Gasteiger charge is 2.19. The Morgan fingerprint density at radius 1 is 0.375 bits per heavy atom. The minimum absolute atomic E-state index is 0.928. The zero-order valence-corrected chi connectivity index (χ0v) is 21.5. The van der Waals surface area contributed by atoms with Crippen molar-refractivity contribution in [1.82, 2.24) is 4.57 Å². The molecule has 40 heavy (non-hydrogen) atoms. The van der Waals surface area contributed by atoms with Crippen molar-refractivity contribution in [3.05, 3.63) is 127 Å². The third-order valence-electron chi connectivity index (χ3n) is 8.90. The lowest BCUT2D eigenvalue weighted by molar-refractivity contribution is 0.669. The summed E-state index contributed by atoms with van der Waals surface area (Å²) in [5.74, 6) is 0. The fraction of sp³-hybridized carbons (Fsp3) is 0. The molecule has 0 radical (unpaired) electrons. The molecular weight excluding hydrogens is 486 g/mol. The number of nitrogens with zero attached hydrogens (tertiary/aromatic N) is 1. The number of para-hydroxylation sites is 2. The van der Waals surface area contributed by atoms with Crippen LogP contribution in [-0.4, -0.2) is 4.57 Å². The third kappa shape index (κ3) is 2.49. The van der Waals surface area contributed by atoms with Crippen molar-refractivity contribution in [2.45, 2.75) is 0 Å². The molecule has 2 aromatic heterocycles. The molecule has 2 heteroatoms. The first-order valence-electron chi connectivity index (χ1n) is 13.8. The number of fused-ring (bicyclic) bond motifs is 8. The van der Waals surface area contributed by atoms with Gasteiger partial charge in [-0.25, -0.2) is 0 Å². The molecule has 10 aromatic rings. The zero-order chi connectivity index (χ0) is 25.9. The first-order valence-corrected chi connectivity index (χ1v) is 13.8. The van der Waals surface area contributed by atoms with Gasteiger partial charge in [0.25, 0.3) is 0 Å². The molecule has 0 saturated heterocycles. The highest BCUT2D eigenvalue weighted by molar-refractivity contribution is 6.26. The summed E-state index contributed by atoms with van der Waals surface area (Å²) >= 11 is 0. The molecule has 0 aliphatic carbocycles. The predicted molar refractivity (Wildman–Crippen MR) is 169 cm³/mol. The van der Waals surface area contributed by atoms with Crippen LogP contribution in [0, 0.1) is 0 Å². The second kappa shape index (κ2) is 7.19. The van der Waals surface area contributed by atoms with Crippen LogP contribution in [0.25, 0.3) is 92.5 Å². The molecule has 10 rings (SSSR count). The minimum Gasteiger partial charge on any atom is -0.456 e. The SMILES string of the molecule is c1cc2ccc3ccc(-n4c5ccccc5c5cc6ccc7oc8ccccc8c7c6cc54)c4ccc(c1)c2c34. The van der Waals surface area contributed by atoms with Gasteiger partial charge < -0.3 is 8.98 Å². The van der Waals surface area contributed by atoms with Gasteiger partial charge in [-0.05, 0) is 74.1 Å². The van der Waals surface area contributed by atoms with E-state index in [2.05, 4.69) is 126 Å². The fourth-order valence-electron chi connectivity index (χ4n) is 7.19. The molecule has 0 aliphatic heterocycles. The lowest BCUT2D eigenvalue weighted by atomic mass is 9.93. The quantitative estimate of drug-likeness (QED) is 0.202. The second-order valence-electron chi connectivity index (χ2n) is 10.9. The van der Waals surface area contributed by atoms with E-state index in [1.54, 1.807) is 0 Å². The van der Waals surface area contributed by atoms with Gasteiger partial charge in [0.1, 0.15) is 11.2 Å². The molecule has 0 saturated carbocycles. The summed E-state index contributed by atoms with van der Waals surface area (Å²) in [5, 5.41) is 15.1. The smallest absolute Gasteiger partial charge is 0.136 e. The van der Waals surface area contributed by atoms with E-state index in [0.717, 1.165) is 16.6 Å². The van der Waals surface area contributed by atoms with Crippen molar-refractivity contribution in [1.29, 1.82) is 0 Å². The lowest BCUT2D eigenvalue weighted by Gasteiger charge is -2.16. The molecule has 0 atom stereocenters. The Balaban J connectivity index is 1.41. The van der Waals surface area contributed by atoms with Gasteiger partial charge in [-0.1, -0.05) is 91.0 Å². The highest BCUT2D eigenvalue weighted by atomic mass is 16.3. The monoisotopic (exact) mass is 507 g/mol. The van der Waals surface area contributed by atoms with Crippen LogP contribution in [0.5, 0.6) is 0 Å². The minimum atomic E-state index is 0.928. The molecule has 0 spiro atoms. The lowest BCUT2D eigenvalue weighted by Crippen LogP contribution is -1.96. The molecular formula is C38H21NO. The van der Waals surface area contributed by atoms with Crippen molar-refractivity contribution in [2.24, 2.45) is 0 Å². The van der Waals surface area contributed by atoms with Crippen molar-refractivity contribution < 1.29 is 4.42 Å². The van der Waals surface area contributed by atoms with Crippen molar-refractivity contribution in [3.8, 4) is 5.69 Å². The number of hydrogen-bond donors (Lipinski definition) is 0. The zero-order valence-electron chi connectivity index (χ0n) is 21.5. The second-order valence-corrected chi connectivity index (χ2v) is 10.9. The molecule has 0 N–H and O–H groups in total. The van der Waals surface area contributed by atoms with Gasteiger partial charge in [0, 0.05) is 26.9 Å². The highest BCUT2D eigenvalue weighted by Crippen LogP contribution is 2.42. The largest absolute Gasteiger partial charge is 0.456 e. The van der Waals surface area contributed by atoms with Crippen molar-refractivity contribution >= 4 is 86.8 Å². The maximum absolute atomic E-state index is 6.26. The first kappa shape index (κ1) is 20.6. The van der Waals surface area contributed by atoms with Crippen molar-refractivity contribution in [2.75, 3.05) is 0 Å². The topological polar surface area (TPSA) is 18.1 Å². The van der Waals surface area contributed by atoms with Crippen LogP contribution in [0.1, 0.15) is 0 Å². The molecule has 8 aromatic carbocycles. The summed E-state index contributed by atoms with van der Waals surface area (Å²) in [6, 6.07) is 46.5. The summed E-state index contributed by atoms with van der Waals surface area (Å²) in [7, 11) is 0. The Hall–Kier alpha value is -5.34. The van der Waals surface area contributed by atoms with Gasteiger partial charge in [0.2, 0.25) is 0 Å². The Morgan fingerprint density at radius 3 is 2.00 bits per heavy atom. The molecule has 0 aliphatic rings. The van der Waals surface area contributed by atoms with E-state index in [4.69, 9.17) is 4.42 Å². The van der Waals surface area contributed by atoms with E-state index in [1.165, 1.54) is 76.0 Å². The fourth-order valence-corrected chi connectivity index (χ4v) is 7.19. The van der Waals surface area contributed by atoms with Gasteiger partial charge in [0.15, 0.2) is 0 Å². The van der Waals surface area contributed by atoms with Gasteiger partial charge in [-0.15, -0.1) is 0 Å². The maximum atomic E-state index is 6.26. The van der Waals surface area contributed by atoms with Gasteiger partial charge in [-0.3, -0.25) is 0 Å². The van der Waals surface area contributed by atoms with Gasteiger partial charge in [-0.2, -0.15) is 0 Å². The van der Waals surface area contributed by atoms with Crippen LogP contribution in [-0.2, 0) is 0 Å². The van der Waals surface area contributed by atoms with E-state index in [0.29, 0.717) is 0 Å².